The molecule has 0 amide bonds. The number of hydrogen-bond acceptors (Lipinski definition) is 3. The summed E-state index contributed by atoms with van der Waals surface area (Å²) in [5, 5.41) is 10.3. The summed E-state index contributed by atoms with van der Waals surface area (Å²) in [5.74, 6) is -1.19. The van der Waals surface area contributed by atoms with Crippen LogP contribution in [0.4, 0.5) is 0 Å². The Morgan fingerprint density at radius 2 is 2.10 bits per heavy atom. The lowest BCUT2D eigenvalue weighted by atomic mass is 10.00. The highest BCUT2D eigenvalue weighted by atomic mass is 16.5. The highest BCUT2D eigenvalue weighted by Gasteiger charge is 2.30. The van der Waals surface area contributed by atoms with Crippen LogP contribution in [0.25, 0.3) is 0 Å². The minimum absolute atomic E-state index is 0.751. The Morgan fingerprint density at radius 3 is 2.20 bits per heavy atom. The van der Waals surface area contributed by atoms with Gasteiger partial charge in [0.15, 0.2) is 6.04 Å². The van der Waals surface area contributed by atoms with Crippen LogP contribution in [-0.2, 0) is 9.53 Å². The summed E-state index contributed by atoms with van der Waals surface area (Å²) in [5.41, 5.74) is 2.64. The molecule has 0 aliphatic rings. The number of hydrogen-bond donors (Lipinski definition) is 1. The van der Waals surface area contributed by atoms with Crippen molar-refractivity contribution in [2.45, 2.75) is 25.5 Å². The van der Waals surface area contributed by atoms with E-state index in [0.29, 0.717) is 0 Å². The van der Waals surface area contributed by atoms with Crippen molar-refractivity contribution in [3.05, 3.63) is 0 Å². The van der Waals surface area contributed by atoms with E-state index in [1.54, 1.807) is 13.8 Å². The third-order valence-corrected chi connectivity index (χ3v) is 1.65. The van der Waals surface area contributed by atoms with Crippen LogP contribution < -0.4 is 10.8 Å². The summed E-state index contributed by atoms with van der Waals surface area (Å²) in [6, 6.07) is -0.836. The van der Waals surface area contributed by atoms with Crippen LogP contribution in [0, 0.1) is 0 Å². The fraction of sp³-hybridized carbons (Fsp3) is 0.833. The maximum atomic E-state index is 10.3. The van der Waals surface area contributed by atoms with Crippen molar-refractivity contribution < 1.29 is 20.4 Å². The van der Waals surface area contributed by atoms with Crippen LogP contribution >= 0.6 is 0 Å². The molecule has 0 aromatic heterocycles. The van der Waals surface area contributed by atoms with Gasteiger partial charge in [-0.05, 0) is 13.8 Å². The average Bonchev–Trinajstić information content (AvgIpc) is 1.86. The second-order valence-electron chi connectivity index (χ2n) is 2.68. The number of aliphatic carboxylic acids is 1. The molecule has 0 fully saturated rings. The number of rotatable bonds is 3. The van der Waals surface area contributed by atoms with Gasteiger partial charge in [0.25, 0.3) is 0 Å². The van der Waals surface area contributed by atoms with Gasteiger partial charge < -0.3 is 20.4 Å². The van der Waals surface area contributed by atoms with E-state index in [-0.39, 0.29) is 0 Å². The Hall–Kier alpha value is -0.610. The molecule has 60 valence electrons. The molecule has 0 aromatic rings. The van der Waals surface area contributed by atoms with E-state index >= 15 is 0 Å². The fourth-order valence-corrected chi connectivity index (χ4v) is 0.426. The molecule has 1 atom stereocenters. The first-order chi connectivity index (χ1) is 4.41. The van der Waals surface area contributed by atoms with E-state index in [9.17, 15) is 9.90 Å². The average molecular weight is 147 g/mol. The van der Waals surface area contributed by atoms with E-state index in [1.807, 2.05) is 0 Å². The molecule has 4 nitrogen and oxygen atoms in total. The van der Waals surface area contributed by atoms with Crippen LogP contribution in [-0.4, -0.2) is 24.7 Å². The molecule has 0 saturated carbocycles. The molecule has 3 N–H and O–H groups in total. The van der Waals surface area contributed by atoms with Crippen LogP contribution in [0.3, 0.4) is 0 Å². The van der Waals surface area contributed by atoms with Crippen LogP contribution in [0.15, 0.2) is 0 Å². The molecular formula is C6H13NO3. The second kappa shape index (κ2) is 2.98. The molecular weight excluding hydrogens is 134 g/mol. The molecule has 0 aliphatic carbocycles. The molecule has 0 heterocycles. The topological polar surface area (TPSA) is 77.0 Å². The zero-order valence-electron chi connectivity index (χ0n) is 6.51. The van der Waals surface area contributed by atoms with E-state index in [0.717, 1.165) is 0 Å². The lowest BCUT2D eigenvalue weighted by Gasteiger charge is -2.27. The minimum atomic E-state index is -1.19. The quantitative estimate of drug-likeness (QED) is 0.491. The van der Waals surface area contributed by atoms with Crippen molar-refractivity contribution in [3.63, 3.8) is 0 Å². The Balaban J connectivity index is 4.17. The maximum absolute atomic E-state index is 10.3. The van der Waals surface area contributed by atoms with Gasteiger partial charge in [0, 0.05) is 7.11 Å². The Labute approximate surface area is 60.0 Å². The predicted molar refractivity (Wildman–Crippen MR) is 32.8 cm³/mol. The number of ether oxygens (including phenoxy) is 1. The number of carbonyl (C=O) groups is 1. The Morgan fingerprint density at radius 1 is 1.70 bits per heavy atom. The number of carboxylic acid groups (broad SMARTS) is 1. The highest BCUT2D eigenvalue weighted by Crippen LogP contribution is 2.08. The van der Waals surface area contributed by atoms with Crippen molar-refractivity contribution in [1.82, 2.24) is 0 Å². The molecule has 0 radical (unpaired) electrons. The molecule has 10 heavy (non-hydrogen) atoms. The first kappa shape index (κ1) is 9.39. The summed E-state index contributed by atoms with van der Waals surface area (Å²) < 4.78 is 4.88. The van der Waals surface area contributed by atoms with Crippen LogP contribution in [0.2, 0.25) is 0 Å². The van der Waals surface area contributed by atoms with Gasteiger partial charge in [-0.15, -0.1) is 0 Å². The third kappa shape index (κ3) is 1.97. The van der Waals surface area contributed by atoms with Crippen LogP contribution in [0.1, 0.15) is 13.8 Å². The molecule has 0 unspecified atom stereocenters. The van der Waals surface area contributed by atoms with Crippen molar-refractivity contribution >= 4 is 5.97 Å². The molecule has 0 aromatic carbocycles. The lowest BCUT2D eigenvalue weighted by Crippen LogP contribution is -2.76. The summed E-state index contributed by atoms with van der Waals surface area (Å²) in [7, 11) is 1.45. The van der Waals surface area contributed by atoms with Crippen molar-refractivity contribution in [3.8, 4) is 0 Å². The Bertz CT molecular complexity index is 133. The molecule has 4 heteroatoms. The van der Waals surface area contributed by atoms with Crippen molar-refractivity contribution in [2.24, 2.45) is 0 Å². The monoisotopic (exact) mass is 147 g/mol. The van der Waals surface area contributed by atoms with Gasteiger partial charge in [0.05, 0.1) is 0 Å². The van der Waals surface area contributed by atoms with Gasteiger partial charge in [-0.1, -0.05) is 0 Å². The lowest BCUT2D eigenvalue weighted by molar-refractivity contribution is -0.463. The van der Waals surface area contributed by atoms with E-state index in [2.05, 4.69) is 5.73 Å². The predicted octanol–water partition coefficient (Wildman–Crippen LogP) is -2.23. The standard InChI is InChI=1S/C6H13NO3/c1-6(2,10-3)4(7)5(8)9/h4H,7H2,1-3H3,(H,8,9)/t4-/m1/s1. The SMILES string of the molecule is COC(C)(C)[C@H]([NH3+])C(=O)[O-]. The minimum Gasteiger partial charge on any atom is -0.544 e. The van der Waals surface area contributed by atoms with E-state index in [4.69, 9.17) is 4.74 Å². The zero-order chi connectivity index (χ0) is 8.36. The maximum Gasteiger partial charge on any atom is 0.153 e. The normalized spacial score (nSPS) is 14.8. The summed E-state index contributed by atoms with van der Waals surface area (Å²) >= 11 is 0. The third-order valence-electron chi connectivity index (χ3n) is 1.65. The van der Waals surface area contributed by atoms with Crippen LogP contribution in [0.5, 0.6) is 0 Å². The fourth-order valence-electron chi connectivity index (χ4n) is 0.426. The van der Waals surface area contributed by atoms with Gasteiger partial charge in [-0.3, -0.25) is 0 Å². The highest BCUT2D eigenvalue weighted by molar-refractivity contribution is 5.70. The first-order valence-corrected chi connectivity index (χ1v) is 3.01. The van der Waals surface area contributed by atoms with Crippen molar-refractivity contribution in [2.75, 3.05) is 7.11 Å². The molecule has 0 bridgehead atoms. The summed E-state index contributed by atoms with van der Waals surface area (Å²) in [6.45, 7) is 3.31. The summed E-state index contributed by atoms with van der Waals surface area (Å²) in [4.78, 5) is 10.3. The van der Waals surface area contributed by atoms with Gasteiger partial charge in [-0.25, -0.2) is 0 Å². The Kier molecular flexibility index (Phi) is 2.80. The zero-order valence-corrected chi connectivity index (χ0v) is 6.51. The smallest absolute Gasteiger partial charge is 0.153 e. The van der Waals surface area contributed by atoms with Gasteiger partial charge in [-0.2, -0.15) is 0 Å². The van der Waals surface area contributed by atoms with Crippen molar-refractivity contribution in [1.29, 1.82) is 0 Å². The number of carbonyl (C=O) groups excluding carboxylic acids is 1. The number of methoxy groups -OCH3 is 1. The second-order valence-corrected chi connectivity index (χ2v) is 2.68. The van der Waals surface area contributed by atoms with Gasteiger partial charge in [0.1, 0.15) is 11.6 Å². The number of carboxylic acids is 1. The van der Waals surface area contributed by atoms with E-state index in [1.165, 1.54) is 7.11 Å². The van der Waals surface area contributed by atoms with Gasteiger partial charge >= 0.3 is 0 Å². The molecule has 0 rings (SSSR count). The molecule has 0 spiro atoms. The molecule has 0 saturated heterocycles. The molecule has 0 aliphatic heterocycles. The number of quaternary nitrogens is 1. The largest absolute Gasteiger partial charge is 0.544 e. The van der Waals surface area contributed by atoms with Gasteiger partial charge in [0.2, 0.25) is 0 Å². The summed E-state index contributed by atoms with van der Waals surface area (Å²) in [6.07, 6.45) is 0. The van der Waals surface area contributed by atoms with E-state index < -0.39 is 17.6 Å². The first-order valence-electron chi connectivity index (χ1n) is 3.01.